The van der Waals surface area contributed by atoms with Crippen LogP contribution in [0, 0.1) is 6.92 Å². The van der Waals surface area contributed by atoms with Crippen molar-refractivity contribution in [3.63, 3.8) is 0 Å². The third-order valence-corrected chi connectivity index (χ3v) is 4.00. The Morgan fingerprint density at radius 2 is 2.33 bits per heavy atom. The average molecular weight is 309 g/mol. The Kier molecular flexibility index (Phi) is 3.89. The van der Waals surface area contributed by atoms with Gasteiger partial charge >= 0.3 is 0 Å². The molecule has 1 aliphatic rings. The highest BCUT2D eigenvalue weighted by atomic mass is 35.5. The van der Waals surface area contributed by atoms with E-state index in [2.05, 4.69) is 4.98 Å². The lowest BCUT2D eigenvalue weighted by Gasteiger charge is -2.21. The molecule has 5 nitrogen and oxygen atoms in total. The van der Waals surface area contributed by atoms with E-state index >= 15 is 0 Å². The number of H-pyrrole nitrogens is 1. The summed E-state index contributed by atoms with van der Waals surface area (Å²) in [5.41, 5.74) is 2.30. The Balaban J connectivity index is 1.95. The van der Waals surface area contributed by atoms with Gasteiger partial charge in [0.1, 0.15) is 5.69 Å². The molecule has 1 saturated heterocycles. The van der Waals surface area contributed by atoms with Gasteiger partial charge in [0.05, 0.1) is 19.3 Å². The van der Waals surface area contributed by atoms with Crippen molar-refractivity contribution in [3.05, 3.63) is 34.5 Å². The van der Waals surface area contributed by atoms with E-state index in [1.165, 1.54) is 0 Å². The maximum atomic E-state index is 12.7. The number of aromatic amines is 1. The molecule has 112 valence electrons. The molecule has 21 heavy (non-hydrogen) atoms. The smallest absolute Gasteiger partial charge is 0.270 e. The first-order valence-corrected chi connectivity index (χ1v) is 7.27. The van der Waals surface area contributed by atoms with Crippen molar-refractivity contribution in [2.45, 2.75) is 13.0 Å². The number of aromatic nitrogens is 1. The van der Waals surface area contributed by atoms with Crippen LogP contribution in [0.3, 0.4) is 0 Å². The number of halogens is 1. The molecule has 0 unspecified atom stereocenters. The zero-order valence-corrected chi connectivity index (χ0v) is 12.5. The predicted molar refractivity (Wildman–Crippen MR) is 80.8 cm³/mol. The summed E-state index contributed by atoms with van der Waals surface area (Å²) in [6.45, 7) is 3.37. The van der Waals surface area contributed by atoms with Gasteiger partial charge in [-0.25, -0.2) is 0 Å². The van der Waals surface area contributed by atoms with Gasteiger partial charge in [0.2, 0.25) is 0 Å². The third kappa shape index (κ3) is 2.77. The molecule has 1 aromatic heterocycles. The van der Waals surface area contributed by atoms with Crippen molar-refractivity contribution in [1.82, 2.24) is 9.88 Å². The van der Waals surface area contributed by atoms with Crippen molar-refractivity contribution in [2.75, 3.05) is 26.3 Å². The van der Waals surface area contributed by atoms with Gasteiger partial charge in [-0.2, -0.15) is 0 Å². The van der Waals surface area contributed by atoms with Crippen LogP contribution in [0.25, 0.3) is 10.9 Å². The fraction of sp³-hybridized carbons (Fsp3) is 0.400. The van der Waals surface area contributed by atoms with Crippen molar-refractivity contribution in [3.8, 4) is 0 Å². The topological polar surface area (TPSA) is 65.6 Å². The number of amides is 1. The molecule has 1 aromatic carbocycles. The Labute approximate surface area is 127 Å². The monoisotopic (exact) mass is 308 g/mol. The summed E-state index contributed by atoms with van der Waals surface area (Å²) in [5.74, 6) is -0.121. The van der Waals surface area contributed by atoms with Crippen LogP contribution in [0.5, 0.6) is 0 Å². The number of rotatable bonds is 1. The van der Waals surface area contributed by atoms with Crippen molar-refractivity contribution in [2.24, 2.45) is 0 Å². The van der Waals surface area contributed by atoms with Crippen LogP contribution < -0.4 is 0 Å². The number of benzene rings is 1. The molecule has 1 atom stereocenters. The molecule has 2 aromatic rings. The fourth-order valence-corrected chi connectivity index (χ4v) is 2.82. The number of carbonyl (C=O) groups excluding carboxylic acids is 1. The molecule has 0 saturated carbocycles. The van der Waals surface area contributed by atoms with Crippen LogP contribution in [0.15, 0.2) is 18.2 Å². The Bertz CT molecular complexity index is 683. The number of aliphatic hydroxyl groups excluding tert-OH is 1. The maximum absolute atomic E-state index is 12.7. The summed E-state index contributed by atoms with van der Waals surface area (Å²) in [5, 5.41) is 11.3. The molecule has 0 aliphatic carbocycles. The van der Waals surface area contributed by atoms with Crippen LogP contribution in [-0.4, -0.2) is 53.3 Å². The van der Waals surface area contributed by atoms with Gasteiger partial charge in [-0.1, -0.05) is 11.6 Å². The maximum Gasteiger partial charge on any atom is 0.270 e. The zero-order valence-electron chi connectivity index (χ0n) is 11.7. The Hall–Kier alpha value is -1.56. The minimum atomic E-state index is -0.643. The number of fused-ring (bicyclic) bond motifs is 1. The second kappa shape index (κ2) is 5.67. The molecule has 1 fully saturated rings. The third-order valence-electron chi connectivity index (χ3n) is 3.77. The molecule has 1 amide bonds. The Morgan fingerprint density at radius 1 is 1.52 bits per heavy atom. The molecule has 6 heteroatoms. The number of nitrogens with zero attached hydrogens (tertiary/aromatic N) is 1. The molecule has 3 rings (SSSR count). The number of hydrogen-bond acceptors (Lipinski definition) is 3. The van der Waals surface area contributed by atoms with E-state index in [9.17, 15) is 9.90 Å². The molecule has 2 heterocycles. The van der Waals surface area contributed by atoms with Gasteiger partial charge in [0.25, 0.3) is 5.91 Å². The van der Waals surface area contributed by atoms with Gasteiger partial charge in [-0.05, 0) is 30.7 Å². The minimum absolute atomic E-state index is 0.121. The molecule has 2 N–H and O–H groups in total. The fourth-order valence-electron chi connectivity index (χ4n) is 2.65. The summed E-state index contributed by atoms with van der Waals surface area (Å²) in [4.78, 5) is 17.4. The van der Waals surface area contributed by atoms with Crippen LogP contribution in [0.1, 0.15) is 16.1 Å². The Morgan fingerprint density at radius 3 is 3.14 bits per heavy atom. The predicted octanol–water partition coefficient (Wildman–Crippen LogP) is 1.96. The van der Waals surface area contributed by atoms with E-state index in [-0.39, 0.29) is 19.1 Å². The van der Waals surface area contributed by atoms with Gasteiger partial charge in [-0.3, -0.25) is 4.79 Å². The van der Waals surface area contributed by atoms with Gasteiger partial charge in [-0.15, -0.1) is 0 Å². The lowest BCUT2D eigenvalue weighted by molar-refractivity contribution is 0.0533. The van der Waals surface area contributed by atoms with Gasteiger partial charge in [0, 0.05) is 29.0 Å². The second-order valence-corrected chi connectivity index (χ2v) is 5.73. The summed E-state index contributed by atoms with van der Waals surface area (Å²) < 4.78 is 5.26. The van der Waals surface area contributed by atoms with E-state index < -0.39 is 6.10 Å². The highest BCUT2D eigenvalue weighted by Gasteiger charge is 2.25. The normalized spacial score (nSPS) is 19.8. The number of aliphatic hydroxyl groups is 1. The van der Waals surface area contributed by atoms with E-state index in [1.54, 1.807) is 11.0 Å². The lowest BCUT2D eigenvalue weighted by Crippen LogP contribution is -2.38. The lowest BCUT2D eigenvalue weighted by atomic mass is 10.1. The molecule has 1 aliphatic heterocycles. The standard InChI is InChI=1S/C15H17ClN2O3/c1-9-12-6-10(16)2-3-13(12)17-14(9)15(20)18-4-5-21-8-11(19)7-18/h2-3,6,11,17,19H,4-5,7-8H2,1H3/t11-/m0/s1. The molecule has 0 radical (unpaired) electrons. The minimum Gasteiger partial charge on any atom is -0.389 e. The first-order chi connectivity index (χ1) is 10.1. The molecule has 0 bridgehead atoms. The quantitative estimate of drug-likeness (QED) is 0.846. The summed E-state index contributed by atoms with van der Waals surface area (Å²) in [6.07, 6.45) is -0.643. The number of aryl methyl sites for hydroxylation is 1. The molecular weight excluding hydrogens is 292 g/mol. The average Bonchev–Trinajstić information content (AvgIpc) is 2.64. The summed E-state index contributed by atoms with van der Waals surface area (Å²) in [7, 11) is 0. The number of β-amino-alcohol motifs (C(OH)–C–C–N with tert-alkyl or cyclic N) is 1. The number of ether oxygens (including phenoxy) is 1. The van der Waals surface area contributed by atoms with Crippen LogP contribution in [0.2, 0.25) is 5.02 Å². The number of nitrogens with one attached hydrogen (secondary N) is 1. The highest BCUT2D eigenvalue weighted by molar-refractivity contribution is 6.31. The number of hydrogen-bond donors (Lipinski definition) is 2. The van der Waals surface area contributed by atoms with Gasteiger partial charge < -0.3 is 19.7 Å². The van der Waals surface area contributed by atoms with Crippen molar-refractivity contribution in [1.29, 1.82) is 0 Å². The van der Waals surface area contributed by atoms with Crippen molar-refractivity contribution >= 4 is 28.4 Å². The second-order valence-electron chi connectivity index (χ2n) is 5.29. The van der Waals surface area contributed by atoms with E-state index in [4.69, 9.17) is 16.3 Å². The van der Waals surface area contributed by atoms with E-state index in [0.29, 0.717) is 23.9 Å². The largest absolute Gasteiger partial charge is 0.389 e. The summed E-state index contributed by atoms with van der Waals surface area (Å²) >= 11 is 6.01. The molecular formula is C15H17ClN2O3. The molecule has 0 spiro atoms. The number of carbonyl (C=O) groups is 1. The SMILES string of the molecule is Cc1c(C(=O)N2CCOC[C@@H](O)C2)[nH]c2ccc(Cl)cc12. The van der Waals surface area contributed by atoms with Crippen molar-refractivity contribution < 1.29 is 14.6 Å². The van der Waals surface area contributed by atoms with Crippen LogP contribution >= 0.6 is 11.6 Å². The van der Waals surface area contributed by atoms with E-state index in [1.807, 2.05) is 19.1 Å². The summed E-state index contributed by atoms with van der Waals surface area (Å²) in [6, 6.07) is 5.50. The highest BCUT2D eigenvalue weighted by Crippen LogP contribution is 2.26. The first-order valence-electron chi connectivity index (χ1n) is 6.89. The van der Waals surface area contributed by atoms with E-state index in [0.717, 1.165) is 16.5 Å². The first kappa shape index (κ1) is 14.4. The van der Waals surface area contributed by atoms with Crippen LogP contribution in [-0.2, 0) is 4.74 Å². The zero-order chi connectivity index (χ0) is 15.0. The van der Waals surface area contributed by atoms with Crippen LogP contribution in [0.4, 0.5) is 0 Å². The van der Waals surface area contributed by atoms with Gasteiger partial charge in [0.15, 0.2) is 0 Å².